The summed E-state index contributed by atoms with van der Waals surface area (Å²) in [7, 11) is 0. The summed E-state index contributed by atoms with van der Waals surface area (Å²) in [5.74, 6) is 0. The second kappa shape index (κ2) is 4.00. The molecule has 0 aliphatic carbocycles. The normalized spacial score (nSPS) is 5.00. The molecule has 0 aromatic carbocycles. The van der Waals surface area contributed by atoms with Crippen LogP contribution in [0.4, 0.5) is 9.18 Å². The first kappa shape index (κ1) is 8.89. The summed E-state index contributed by atoms with van der Waals surface area (Å²) in [6, 6.07) is 0. The van der Waals surface area contributed by atoms with Crippen molar-refractivity contribution in [1.82, 2.24) is 0 Å². The van der Waals surface area contributed by atoms with Crippen molar-refractivity contribution >= 4 is 25.1 Å². The van der Waals surface area contributed by atoms with Gasteiger partial charge in [0.15, 0.2) is 0 Å². The van der Waals surface area contributed by atoms with Gasteiger partial charge >= 0.3 is 25.1 Å². The van der Waals surface area contributed by atoms with Gasteiger partial charge in [-0.2, -0.15) is 0 Å². The van der Waals surface area contributed by atoms with Crippen molar-refractivity contribution < 1.29 is 14.3 Å². The van der Waals surface area contributed by atoms with Gasteiger partial charge in [-0.3, -0.25) is 0 Å². The number of carboxylic acid groups (broad SMARTS) is 1. The Hall–Kier alpha value is -0.00260. The molecular weight excluding hydrogens is 69.9 g/mol. The molecule has 0 radical (unpaired) electrons. The number of hydrogen-bond donors (Lipinski definition) is 1. The zero-order chi connectivity index (χ0) is 3.58. The second-order valence-electron chi connectivity index (χ2n) is 0.253. The molecule has 0 aromatic heterocycles. The molecule has 4 heteroatoms. The Bertz CT molecular complexity index is 32.6. The van der Waals surface area contributed by atoms with Crippen molar-refractivity contribution in [1.29, 1.82) is 0 Å². The van der Waals surface area contributed by atoms with E-state index in [-0.39, 0.29) is 18.9 Å². The summed E-state index contributed by atoms with van der Waals surface area (Å²) >= 11 is 0. The van der Waals surface area contributed by atoms with E-state index < -0.39 is 6.22 Å². The van der Waals surface area contributed by atoms with Crippen molar-refractivity contribution in [2.75, 3.05) is 0 Å². The molecule has 0 heterocycles. The maximum atomic E-state index is 9.92. The van der Waals surface area contributed by atoms with Gasteiger partial charge < -0.3 is 5.11 Å². The predicted octanol–water partition coefficient (Wildman–Crippen LogP) is -0.0146. The average molecular weight is 72.0 g/mol. The van der Waals surface area contributed by atoms with Crippen molar-refractivity contribution in [3.63, 3.8) is 0 Å². The van der Waals surface area contributed by atoms with Crippen LogP contribution >= 0.6 is 0 Å². The summed E-state index contributed by atoms with van der Waals surface area (Å²) in [5.41, 5.74) is 0. The van der Waals surface area contributed by atoms with Crippen LogP contribution in [0.25, 0.3) is 0 Å². The average Bonchev–Trinajstić information content (AvgIpc) is 0.811. The van der Waals surface area contributed by atoms with E-state index in [4.69, 9.17) is 9.90 Å². The molecule has 0 amide bonds. The molecule has 0 unspecified atom stereocenters. The van der Waals surface area contributed by atoms with Crippen LogP contribution < -0.4 is 0 Å². The van der Waals surface area contributed by atoms with Crippen LogP contribution in [0.15, 0.2) is 0 Å². The Kier molecular flexibility index (Phi) is 7.11. The first-order valence-corrected chi connectivity index (χ1v) is 0.617. The van der Waals surface area contributed by atoms with Gasteiger partial charge in [0, 0.05) is 0 Å². The fourth-order valence-corrected chi connectivity index (χ4v) is 0. The fourth-order valence-electron chi connectivity index (χ4n) is 0. The van der Waals surface area contributed by atoms with Gasteiger partial charge in [0.25, 0.3) is 0 Å². The third-order valence-corrected chi connectivity index (χ3v) is 0. The van der Waals surface area contributed by atoms with E-state index >= 15 is 0 Å². The van der Waals surface area contributed by atoms with Gasteiger partial charge in [-0.1, -0.05) is 0 Å². The van der Waals surface area contributed by atoms with E-state index in [1.807, 2.05) is 0 Å². The number of halogens is 1. The summed E-state index contributed by atoms with van der Waals surface area (Å²) in [6.07, 6.45) is -2.33. The molecule has 1 N–H and O–H groups in total. The maximum absolute atomic E-state index is 9.92. The summed E-state index contributed by atoms with van der Waals surface area (Å²) in [4.78, 5) is 8.33. The first-order chi connectivity index (χ1) is 1.73. The molecule has 0 saturated carbocycles. The van der Waals surface area contributed by atoms with Crippen LogP contribution in [0.5, 0.6) is 0 Å². The Labute approximate surface area is 40.2 Å². The summed E-state index contributed by atoms with van der Waals surface area (Å²) in [6.45, 7) is 0. The van der Waals surface area contributed by atoms with Gasteiger partial charge in [0.05, 0.1) is 0 Å². The van der Waals surface area contributed by atoms with E-state index in [9.17, 15) is 4.39 Å². The number of rotatable bonds is 0. The van der Waals surface area contributed by atoms with Gasteiger partial charge in [-0.25, -0.2) is 4.79 Å². The quantitative estimate of drug-likeness (QED) is 0.322. The standard InChI is InChI=1S/CHFO2.Li.H/c2-1(3)4;;/h(H,3,4);;. The monoisotopic (exact) mass is 72.0 g/mol. The zero-order valence-electron chi connectivity index (χ0n) is 1.73. The van der Waals surface area contributed by atoms with Crippen molar-refractivity contribution in [2.24, 2.45) is 0 Å². The van der Waals surface area contributed by atoms with E-state index in [1.165, 1.54) is 0 Å². The molecule has 0 spiro atoms. The zero-order valence-corrected chi connectivity index (χ0v) is 1.73. The molecular formula is CH2FLiO2. The van der Waals surface area contributed by atoms with Gasteiger partial charge in [-0.05, 0) is 0 Å². The minimum absolute atomic E-state index is 0. The topological polar surface area (TPSA) is 37.3 Å². The van der Waals surface area contributed by atoms with Crippen molar-refractivity contribution in [2.45, 2.75) is 0 Å². The van der Waals surface area contributed by atoms with E-state index in [1.54, 1.807) is 0 Å². The Balaban J connectivity index is 0. The minimum atomic E-state index is -2.33. The third kappa shape index (κ3) is 2360000. The predicted molar refractivity (Wildman–Crippen MR) is 16.3 cm³/mol. The van der Waals surface area contributed by atoms with Crippen LogP contribution in [0, 0.1) is 0 Å². The fraction of sp³-hybridized carbons (Fsp3) is 0. The van der Waals surface area contributed by atoms with Crippen LogP contribution in [-0.2, 0) is 0 Å². The van der Waals surface area contributed by atoms with Gasteiger partial charge in [0.2, 0.25) is 0 Å². The molecule has 26 valence electrons. The van der Waals surface area contributed by atoms with E-state index in [0.717, 1.165) is 0 Å². The second-order valence-corrected chi connectivity index (χ2v) is 0.253. The van der Waals surface area contributed by atoms with Crippen molar-refractivity contribution in [3.05, 3.63) is 0 Å². The Morgan fingerprint density at radius 2 is 1.80 bits per heavy atom. The van der Waals surface area contributed by atoms with Crippen LogP contribution in [-0.4, -0.2) is 30.2 Å². The number of carbonyl (C=O) groups is 1. The molecule has 0 atom stereocenters. The molecule has 0 fully saturated rings. The molecule has 0 saturated heterocycles. The van der Waals surface area contributed by atoms with Gasteiger partial charge in [-0.15, -0.1) is 4.39 Å². The Morgan fingerprint density at radius 3 is 1.80 bits per heavy atom. The molecule has 2 nitrogen and oxygen atoms in total. The molecule has 0 aliphatic rings. The summed E-state index contributed by atoms with van der Waals surface area (Å²) in [5, 5.41) is 6.75. The molecule has 0 bridgehead atoms. The van der Waals surface area contributed by atoms with Crippen LogP contribution in [0.2, 0.25) is 0 Å². The van der Waals surface area contributed by atoms with E-state index in [0.29, 0.717) is 0 Å². The SMILES string of the molecule is O=C(O)F.[LiH]. The van der Waals surface area contributed by atoms with Gasteiger partial charge in [0.1, 0.15) is 0 Å². The first-order valence-electron chi connectivity index (χ1n) is 0.617. The molecule has 0 aliphatic heterocycles. The molecule has 5 heavy (non-hydrogen) atoms. The third-order valence-electron chi connectivity index (χ3n) is 0. The van der Waals surface area contributed by atoms with E-state index in [2.05, 4.69) is 0 Å². The molecule has 0 rings (SSSR count). The van der Waals surface area contributed by atoms with Crippen molar-refractivity contribution in [3.8, 4) is 0 Å². The Morgan fingerprint density at radius 1 is 1.80 bits per heavy atom. The number of hydrogen-bond acceptors (Lipinski definition) is 1. The summed E-state index contributed by atoms with van der Waals surface area (Å²) < 4.78 is 9.92. The van der Waals surface area contributed by atoms with Crippen LogP contribution in [0.3, 0.4) is 0 Å². The van der Waals surface area contributed by atoms with Crippen LogP contribution in [0.1, 0.15) is 0 Å². The molecule has 0 aromatic rings.